The molecule has 0 aliphatic carbocycles. The summed E-state index contributed by atoms with van der Waals surface area (Å²) in [6.45, 7) is 4.12. The highest BCUT2D eigenvalue weighted by Gasteiger charge is 2.28. The molecule has 1 N–H and O–H groups in total. The van der Waals surface area contributed by atoms with Crippen LogP contribution in [-0.2, 0) is 14.8 Å². The van der Waals surface area contributed by atoms with E-state index in [1.807, 2.05) is 31.2 Å². The number of nitrogens with zero attached hydrogens (tertiary/aromatic N) is 2. The van der Waals surface area contributed by atoms with Crippen LogP contribution in [0, 0.1) is 6.92 Å². The summed E-state index contributed by atoms with van der Waals surface area (Å²) in [5.74, 6) is 0.146. The van der Waals surface area contributed by atoms with Crippen LogP contribution in [0.25, 0.3) is 0 Å². The summed E-state index contributed by atoms with van der Waals surface area (Å²) < 4.78 is 33.4. The molecule has 0 bridgehead atoms. The Labute approximate surface area is 211 Å². The van der Waals surface area contributed by atoms with Gasteiger partial charge in [0.25, 0.3) is 15.9 Å². The number of carbonyl (C=O) groups excluding carboxylic acids is 1. The first-order valence-electron chi connectivity index (χ1n) is 11.2. The van der Waals surface area contributed by atoms with Crippen LogP contribution in [0.2, 0.25) is 5.02 Å². The standard InChI is InChI=1S/C26H28ClN3O4S/c1-3-4-17-34-22-13-11-21(12-14-22)18-28-29-26(31)19-30(25-8-6-5-7-24(25)27)35(32,33)23-15-9-20(2)10-16-23/h5-16,18H,3-4,17,19H2,1-2H3,(H,29,31)/b28-18-. The average Bonchev–Trinajstić information content (AvgIpc) is 2.84. The minimum absolute atomic E-state index is 0.0561. The number of hydrogen-bond acceptors (Lipinski definition) is 5. The second kappa shape index (κ2) is 12.4. The van der Waals surface area contributed by atoms with Crippen molar-refractivity contribution in [2.45, 2.75) is 31.6 Å². The summed E-state index contributed by atoms with van der Waals surface area (Å²) in [6, 6.07) is 20.1. The lowest BCUT2D eigenvalue weighted by atomic mass is 10.2. The van der Waals surface area contributed by atoms with Gasteiger partial charge in [-0.25, -0.2) is 13.8 Å². The first-order valence-corrected chi connectivity index (χ1v) is 13.0. The van der Waals surface area contributed by atoms with Gasteiger partial charge in [0.05, 0.1) is 28.4 Å². The van der Waals surface area contributed by atoms with Crippen LogP contribution in [-0.4, -0.2) is 33.7 Å². The zero-order valence-electron chi connectivity index (χ0n) is 19.6. The molecular formula is C26H28ClN3O4S. The Morgan fingerprint density at radius 3 is 2.40 bits per heavy atom. The summed E-state index contributed by atoms with van der Waals surface area (Å²) in [4.78, 5) is 12.7. The van der Waals surface area contributed by atoms with Gasteiger partial charge in [-0.1, -0.05) is 54.8 Å². The van der Waals surface area contributed by atoms with Crippen molar-refractivity contribution in [3.63, 3.8) is 0 Å². The van der Waals surface area contributed by atoms with Gasteiger partial charge in [0.1, 0.15) is 12.3 Å². The number of hydrogen-bond donors (Lipinski definition) is 1. The molecule has 0 aromatic heterocycles. The van der Waals surface area contributed by atoms with Crippen LogP contribution in [0.3, 0.4) is 0 Å². The molecular weight excluding hydrogens is 486 g/mol. The van der Waals surface area contributed by atoms with Crippen molar-refractivity contribution in [1.82, 2.24) is 5.43 Å². The minimum atomic E-state index is -4.06. The van der Waals surface area contributed by atoms with Gasteiger partial charge in [0.2, 0.25) is 0 Å². The van der Waals surface area contributed by atoms with Crippen molar-refractivity contribution in [3.8, 4) is 5.75 Å². The molecule has 0 saturated heterocycles. The van der Waals surface area contributed by atoms with Crippen molar-refractivity contribution in [2.24, 2.45) is 5.10 Å². The van der Waals surface area contributed by atoms with E-state index in [4.69, 9.17) is 16.3 Å². The Balaban J connectivity index is 1.73. The molecule has 0 heterocycles. The van der Waals surface area contributed by atoms with Crippen molar-refractivity contribution >= 4 is 39.4 Å². The molecule has 0 atom stereocenters. The lowest BCUT2D eigenvalue weighted by Gasteiger charge is -2.24. The van der Waals surface area contributed by atoms with E-state index >= 15 is 0 Å². The van der Waals surface area contributed by atoms with E-state index in [1.54, 1.807) is 36.4 Å². The maximum Gasteiger partial charge on any atom is 0.264 e. The topological polar surface area (TPSA) is 88.1 Å². The molecule has 184 valence electrons. The lowest BCUT2D eigenvalue weighted by molar-refractivity contribution is -0.119. The van der Waals surface area contributed by atoms with E-state index < -0.39 is 22.5 Å². The second-order valence-electron chi connectivity index (χ2n) is 7.84. The number of aryl methyl sites for hydroxylation is 1. The highest BCUT2D eigenvalue weighted by atomic mass is 35.5. The van der Waals surface area contributed by atoms with Crippen LogP contribution in [0.4, 0.5) is 5.69 Å². The lowest BCUT2D eigenvalue weighted by Crippen LogP contribution is -2.39. The monoisotopic (exact) mass is 513 g/mol. The van der Waals surface area contributed by atoms with Gasteiger partial charge in [-0.05, 0) is 67.4 Å². The molecule has 0 fully saturated rings. The smallest absolute Gasteiger partial charge is 0.264 e. The van der Waals surface area contributed by atoms with E-state index in [9.17, 15) is 13.2 Å². The Morgan fingerprint density at radius 2 is 1.74 bits per heavy atom. The number of rotatable bonds is 11. The largest absolute Gasteiger partial charge is 0.494 e. The number of unbranched alkanes of at least 4 members (excludes halogenated alkanes) is 1. The third-order valence-electron chi connectivity index (χ3n) is 5.07. The predicted molar refractivity (Wildman–Crippen MR) is 140 cm³/mol. The number of ether oxygens (including phenoxy) is 1. The minimum Gasteiger partial charge on any atom is -0.494 e. The molecule has 1 amide bonds. The zero-order chi connectivity index (χ0) is 25.3. The highest BCUT2D eigenvalue weighted by molar-refractivity contribution is 7.92. The maximum absolute atomic E-state index is 13.4. The number of carbonyl (C=O) groups is 1. The van der Waals surface area contributed by atoms with E-state index in [-0.39, 0.29) is 15.6 Å². The summed E-state index contributed by atoms with van der Waals surface area (Å²) >= 11 is 6.28. The Kier molecular flexibility index (Phi) is 9.28. The third-order valence-corrected chi connectivity index (χ3v) is 7.16. The number of para-hydroxylation sites is 1. The van der Waals surface area contributed by atoms with Crippen molar-refractivity contribution in [3.05, 3.63) is 88.9 Å². The first kappa shape index (κ1) is 26.2. The molecule has 0 aliphatic rings. The average molecular weight is 514 g/mol. The van der Waals surface area contributed by atoms with E-state index in [0.29, 0.717) is 6.61 Å². The quantitative estimate of drug-likeness (QED) is 0.217. The molecule has 0 spiro atoms. The molecule has 3 rings (SSSR count). The number of amides is 1. The van der Waals surface area contributed by atoms with Gasteiger partial charge in [-0.2, -0.15) is 5.10 Å². The summed E-state index contributed by atoms with van der Waals surface area (Å²) in [5, 5.41) is 4.17. The summed E-state index contributed by atoms with van der Waals surface area (Å²) in [7, 11) is -4.06. The van der Waals surface area contributed by atoms with Gasteiger partial charge >= 0.3 is 0 Å². The highest BCUT2D eigenvalue weighted by Crippen LogP contribution is 2.30. The van der Waals surface area contributed by atoms with Gasteiger partial charge in [-0.15, -0.1) is 0 Å². The molecule has 0 radical (unpaired) electrons. The number of nitrogens with one attached hydrogen (secondary N) is 1. The second-order valence-corrected chi connectivity index (χ2v) is 10.1. The molecule has 3 aromatic rings. The number of hydrazone groups is 1. The normalized spacial score (nSPS) is 11.4. The molecule has 3 aromatic carbocycles. The first-order chi connectivity index (χ1) is 16.8. The number of sulfonamides is 1. The number of halogens is 1. The zero-order valence-corrected chi connectivity index (χ0v) is 21.2. The fourth-order valence-corrected chi connectivity index (χ4v) is 4.85. The van der Waals surface area contributed by atoms with Crippen molar-refractivity contribution in [1.29, 1.82) is 0 Å². The molecule has 0 saturated carbocycles. The molecule has 0 aliphatic heterocycles. The molecule has 9 heteroatoms. The SMILES string of the molecule is CCCCOc1ccc(/C=N\NC(=O)CN(c2ccccc2Cl)S(=O)(=O)c2ccc(C)cc2)cc1. The van der Waals surface area contributed by atoms with Gasteiger partial charge < -0.3 is 4.74 Å². The van der Waals surface area contributed by atoms with E-state index in [2.05, 4.69) is 17.5 Å². The van der Waals surface area contributed by atoms with Crippen LogP contribution < -0.4 is 14.5 Å². The van der Waals surface area contributed by atoms with Gasteiger partial charge in [-0.3, -0.25) is 9.10 Å². The van der Waals surface area contributed by atoms with Gasteiger partial charge in [0.15, 0.2) is 0 Å². The van der Waals surface area contributed by atoms with Crippen LogP contribution >= 0.6 is 11.6 Å². The van der Waals surface area contributed by atoms with Crippen LogP contribution in [0.5, 0.6) is 5.75 Å². The Morgan fingerprint density at radius 1 is 1.06 bits per heavy atom. The molecule has 0 unspecified atom stereocenters. The maximum atomic E-state index is 13.4. The molecule has 7 nitrogen and oxygen atoms in total. The van der Waals surface area contributed by atoms with Crippen LogP contribution in [0.1, 0.15) is 30.9 Å². The third kappa shape index (κ3) is 7.31. The fraction of sp³-hybridized carbons (Fsp3) is 0.231. The number of benzene rings is 3. The Hall–Kier alpha value is -3.36. The fourth-order valence-electron chi connectivity index (χ4n) is 3.12. The van der Waals surface area contributed by atoms with E-state index in [1.165, 1.54) is 18.3 Å². The summed E-state index contributed by atoms with van der Waals surface area (Å²) in [6.07, 6.45) is 3.52. The van der Waals surface area contributed by atoms with Crippen molar-refractivity contribution in [2.75, 3.05) is 17.5 Å². The van der Waals surface area contributed by atoms with Gasteiger partial charge in [0, 0.05) is 0 Å². The Bertz CT molecular complexity index is 1260. The number of anilines is 1. The van der Waals surface area contributed by atoms with E-state index in [0.717, 1.165) is 34.0 Å². The van der Waals surface area contributed by atoms with Crippen molar-refractivity contribution < 1.29 is 17.9 Å². The summed E-state index contributed by atoms with van der Waals surface area (Å²) in [5.41, 5.74) is 4.26. The molecule has 35 heavy (non-hydrogen) atoms. The van der Waals surface area contributed by atoms with Crippen LogP contribution in [0.15, 0.2) is 82.8 Å². The predicted octanol–water partition coefficient (Wildman–Crippen LogP) is 5.17.